The molecule has 4 heteroatoms. The maximum atomic E-state index is 6.70. The van der Waals surface area contributed by atoms with E-state index in [2.05, 4.69) is 162 Å². The van der Waals surface area contributed by atoms with Gasteiger partial charge in [-0.05, 0) is 82.4 Å². The topological polar surface area (TPSA) is 30.4 Å². The number of nitrogens with zero attached hydrogens (tertiary/aromatic N) is 2. The molecule has 2 unspecified atom stereocenters. The Morgan fingerprint density at radius 2 is 1.08 bits per heavy atom. The van der Waals surface area contributed by atoms with Crippen molar-refractivity contribution in [1.82, 2.24) is 4.57 Å². The maximum absolute atomic E-state index is 6.70. The van der Waals surface area contributed by atoms with E-state index in [-0.39, 0.29) is 5.78 Å². The van der Waals surface area contributed by atoms with E-state index in [0.29, 0.717) is 8.58 Å². The van der Waals surface area contributed by atoms with Crippen molar-refractivity contribution in [3.05, 3.63) is 175 Å². The highest BCUT2D eigenvalue weighted by Gasteiger charge is 2.26. The normalized spacial score (nSPS) is 15.6. The van der Waals surface area contributed by atoms with Crippen molar-refractivity contribution in [2.45, 2.75) is 5.78 Å². The molecule has 11 rings (SSSR count). The van der Waals surface area contributed by atoms with E-state index in [1.165, 1.54) is 59.6 Å². The van der Waals surface area contributed by atoms with Crippen LogP contribution in [0.3, 0.4) is 0 Å². The van der Waals surface area contributed by atoms with Crippen molar-refractivity contribution >= 4 is 95.8 Å². The Balaban J connectivity index is 1.17. The molecule has 3 heterocycles. The van der Waals surface area contributed by atoms with Gasteiger partial charge in [-0.2, -0.15) is 0 Å². The van der Waals surface area contributed by atoms with Gasteiger partial charge in [0.15, 0.2) is 5.58 Å². The first-order valence-electron chi connectivity index (χ1n) is 17.1. The molecule has 0 N–H and O–H groups in total. The first-order chi connectivity index (χ1) is 24.8. The van der Waals surface area contributed by atoms with Gasteiger partial charge in [-0.25, -0.2) is 0 Å². The van der Waals surface area contributed by atoms with Crippen LogP contribution in [0.2, 0.25) is 0 Å². The molecule has 3 nitrogen and oxygen atoms in total. The number of furan rings is 1. The maximum Gasteiger partial charge on any atom is 0.160 e. The number of hydrogen-bond donors (Lipinski definition) is 0. The highest BCUT2D eigenvalue weighted by molar-refractivity contribution is 7.50. The zero-order valence-corrected chi connectivity index (χ0v) is 28.0. The smallest absolute Gasteiger partial charge is 0.160 e. The summed E-state index contributed by atoms with van der Waals surface area (Å²) in [4.78, 5) is 5.50. The van der Waals surface area contributed by atoms with Crippen LogP contribution in [0.4, 0.5) is 0 Å². The van der Waals surface area contributed by atoms with Crippen molar-refractivity contribution in [3.8, 4) is 0 Å². The molecule has 0 saturated carbocycles. The summed E-state index contributed by atoms with van der Waals surface area (Å²) in [5.41, 5.74) is 8.70. The Labute approximate surface area is 289 Å². The van der Waals surface area contributed by atoms with Crippen LogP contribution in [-0.4, -0.2) is 10.3 Å². The fourth-order valence-corrected chi connectivity index (χ4v) is 9.56. The molecule has 2 aromatic heterocycles. The molecule has 0 amide bonds. The Hall–Kier alpha value is -6.02. The first kappa shape index (κ1) is 27.9. The van der Waals surface area contributed by atoms with Gasteiger partial charge in [0.2, 0.25) is 0 Å². The molecule has 0 radical (unpaired) electrons. The van der Waals surface area contributed by atoms with Gasteiger partial charge >= 0.3 is 0 Å². The molecule has 2 atom stereocenters. The van der Waals surface area contributed by atoms with Gasteiger partial charge in [0.1, 0.15) is 5.58 Å². The molecule has 0 bridgehead atoms. The lowest BCUT2D eigenvalue weighted by molar-refractivity contribution is 0.671. The molecule has 1 aliphatic heterocycles. The second kappa shape index (κ2) is 10.7. The van der Waals surface area contributed by atoms with E-state index < -0.39 is 0 Å². The van der Waals surface area contributed by atoms with E-state index in [1.807, 2.05) is 6.07 Å². The van der Waals surface area contributed by atoms with Crippen LogP contribution in [0.5, 0.6) is 0 Å². The van der Waals surface area contributed by atoms with Crippen molar-refractivity contribution in [1.29, 1.82) is 0 Å². The van der Waals surface area contributed by atoms with Gasteiger partial charge in [0, 0.05) is 27.0 Å². The number of para-hydroxylation sites is 2. The number of aliphatic imine (C=N–C) groups is 1. The Bertz CT molecular complexity index is 3040. The van der Waals surface area contributed by atoms with Crippen LogP contribution in [0.1, 0.15) is 16.9 Å². The van der Waals surface area contributed by atoms with Gasteiger partial charge in [0.05, 0.1) is 22.5 Å². The van der Waals surface area contributed by atoms with Gasteiger partial charge in [0.25, 0.3) is 0 Å². The van der Waals surface area contributed by atoms with E-state index in [4.69, 9.17) is 9.41 Å². The Morgan fingerprint density at radius 1 is 0.500 bits per heavy atom. The summed E-state index contributed by atoms with van der Waals surface area (Å²) in [5, 5.41) is 12.4. The third-order valence-corrected chi connectivity index (χ3v) is 11.8. The number of aromatic nitrogens is 1. The SMILES string of the molecule is C1=C(n2c3ccccc3c3ccc4c5ccccc5oc4c32)PC(c2ccc3c4ccccc4c4ccccc4c3c2)N=C1c1ccccc1. The lowest BCUT2D eigenvalue weighted by Gasteiger charge is -2.24. The highest BCUT2D eigenvalue weighted by atomic mass is 31.1. The number of benzene rings is 8. The molecule has 0 spiro atoms. The first-order valence-corrected chi connectivity index (χ1v) is 18.2. The van der Waals surface area contributed by atoms with Crippen LogP contribution in [0.15, 0.2) is 173 Å². The highest BCUT2D eigenvalue weighted by Crippen LogP contribution is 2.52. The third kappa shape index (κ3) is 4.05. The van der Waals surface area contributed by atoms with E-state index in [1.54, 1.807) is 0 Å². The van der Waals surface area contributed by atoms with Crippen LogP contribution in [-0.2, 0) is 0 Å². The molecule has 10 aromatic rings. The molecular weight excluding hydrogens is 627 g/mol. The van der Waals surface area contributed by atoms with Gasteiger partial charge in [-0.1, -0.05) is 133 Å². The van der Waals surface area contributed by atoms with Crippen molar-refractivity contribution in [3.63, 3.8) is 0 Å². The van der Waals surface area contributed by atoms with Gasteiger partial charge in [-0.15, -0.1) is 0 Å². The van der Waals surface area contributed by atoms with Crippen molar-refractivity contribution in [2.75, 3.05) is 0 Å². The molecule has 1 aliphatic rings. The summed E-state index contributed by atoms with van der Waals surface area (Å²) in [6.45, 7) is 0. The summed E-state index contributed by atoms with van der Waals surface area (Å²) in [5.74, 6) is -0.0501. The molecule has 0 aliphatic carbocycles. The average molecular weight is 657 g/mol. The zero-order valence-electron chi connectivity index (χ0n) is 27.0. The Kier molecular flexibility index (Phi) is 5.99. The predicted molar refractivity (Wildman–Crippen MR) is 214 cm³/mol. The lowest BCUT2D eigenvalue weighted by Crippen LogP contribution is -2.08. The molecule has 234 valence electrons. The second-order valence-electron chi connectivity index (χ2n) is 13.1. The Morgan fingerprint density at radius 3 is 1.84 bits per heavy atom. The second-order valence-corrected chi connectivity index (χ2v) is 14.5. The van der Waals surface area contributed by atoms with E-state index in [0.717, 1.165) is 38.7 Å². The average Bonchev–Trinajstić information content (AvgIpc) is 3.74. The van der Waals surface area contributed by atoms with Gasteiger partial charge in [-0.3, -0.25) is 4.99 Å². The number of fused-ring (bicyclic) bond motifs is 13. The quantitative estimate of drug-likeness (QED) is 0.137. The minimum Gasteiger partial charge on any atom is -0.454 e. The van der Waals surface area contributed by atoms with Crippen molar-refractivity contribution < 1.29 is 4.42 Å². The fraction of sp³-hybridized carbons (Fsp3) is 0.0217. The number of rotatable bonds is 3. The molecule has 0 fully saturated rings. The predicted octanol–water partition coefficient (Wildman–Crippen LogP) is 12.8. The number of hydrogen-bond acceptors (Lipinski definition) is 2. The van der Waals surface area contributed by atoms with E-state index in [9.17, 15) is 0 Å². The monoisotopic (exact) mass is 656 g/mol. The van der Waals surface area contributed by atoms with Crippen molar-refractivity contribution in [2.24, 2.45) is 4.99 Å². The fourth-order valence-electron chi connectivity index (χ4n) is 8.15. The van der Waals surface area contributed by atoms with Crippen LogP contribution in [0, 0.1) is 0 Å². The summed E-state index contributed by atoms with van der Waals surface area (Å²) in [7, 11) is 0.398. The van der Waals surface area contributed by atoms with E-state index >= 15 is 0 Å². The minimum absolute atomic E-state index is 0.0501. The summed E-state index contributed by atoms with van der Waals surface area (Å²) < 4.78 is 9.16. The summed E-state index contributed by atoms with van der Waals surface area (Å²) >= 11 is 0. The minimum atomic E-state index is -0.0501. The lowest BCUT2D eigenvalue weighted by atomic mass is 9.93. The third-order valence-electron chi connectivity index (χ3n) is 10.4. The summed E-state index contributed by atoms with van der Waals surface area (Å²) in [6, 6.07) is 56.8. The molecule has 8 aromatic carbocycles. The molecular formula is C46H29N2OP. The standard InChI is InChI=1S/C46H29N2OP/c1-2-12-28(13-3-1)40-27-43(48-41-20-10-8-18-35(41)37-24-25-38-36-19-9-11-21-42(36)49-45(38)44(37)48)50-46(47-40)29-22-23-34-32-16-5-4-14-30(32)31-15-6-7-17-33(31)39(34)26-29/h1-27,46,50H. The van der Waals surface area contributed by atoms with Gasteiger partial charge < -0.3 is 8.98 Å². The molecule has 0 saturated heterocycles. The largest absolute Gasteiger partial charge is 0.454 e. The number of allylic oxidation sites excluding steroid dienone is 1. The van der Waals surface area contributed by atoms with Crippen LogP contribution >= 0.6 is 8.58 Å². The summed E-state index contributed by atoms with van der Waals surface area (Å²) in [6.07, 6.45) is 2.31. The zero-order chi connectivity index (χ0) is 32.8. The van der Waals surface area contributed by atoms with Crippen LogP contribution in [0.25, 0.3) is 81.5 Å². The van der Waals surface area contributed by atoms with Crippen LogP contribution < -0.4 is 0 Å². The molecule has 50 heavy (non-hydrogen) atoms.